The summed E-state index contributed by atoms with van der Waals surface area (Å²) in [6.45, 7) is 10.5. The highest BCUT2D eigenvalue weighted by molar-refractivity contribution is 7.19. The van der Waals surface area contributed by atoms with Gasteiger partial charge in [-0.3, -0.25) is 9.69 Å². The molecule has 1 aliphatic carbocycles. The van der Waals surface area contributed by atoms with Crippen LogP contribution in [0.2, 0.25) is 0 Å². The first-order valence-electron chi connectivity index (χ1n) is 9.76. The Morgan fingerprint density at radius 1 is 1.37 bits per heavy atom. The Balaban J connectivity index is 1.48. The summed E-state index contributed by atoms with van der Waals surface area (Å²) in [6, 6.07) is 0. The van der Waals surface area contributed by atoms with Crippen molar-refractivity contribution in [3.63, 3.8) is 0 Å². The lowest BCUT2D eigenvalue weighted by Crippen LogP contribution is -2.49. The Morgan fingerprint density at radius 3 is 2.96 bits per heavy atom. The second-order valence-electron chi connectivity index (χ2n) is 7.59. The quantitative estimate of drug-likeness (QED) is 0.800. The molecule has 2 aromatic rings. The number of hydrogen-bond donors (Lipinski definition) is 1. The molecule has 3 heterocycles. The topological polar surface area (TPSA) is 61.4 Å². The molecule has 1 atom stereocenters. The number of aryl methyl sites for hydroxylation is 1. The summed E-state index contributed by atoms with van der Waals surface area (Å²) in [5, 5.41) is 4.13. The average Bonchev–Trinajstić information content (AvgIpc) is 3.04. The smallest absolute Gasteiger partial charge is 0.234 e. The minimum Gasteiger partial charge on any atom is -0.353 e. The number of fused-ring (bicyclic) bond motifs is 3. The number of piperazine rings is 1. The molecule has 1 saturated heterocycles. The first kappa shape index (κ1) is 18.4. The van der Waals surface area contributed by atoms with E-state index in [1.165, 1.54) is 28.7 Å². The van der Waals surface area contributed by atoms with E-state index in [-0.39, 0.29) is 5.91 Å². The van der Waals surface area contributed by atoms with Gasteiger partial charge in [0.1, 0.15) is 17.0 Å². The molecule has 0 radical (unpaired) electrons. The van der Waals surface area contributed by atoms with Crippen LogP contribution in [0, 0.1) is 5.92 Å². The van der Waals surface area contributed by atoms with Gasteiger partial charge < -0.3 is 10.2 Å². The highest BCUT2D eigenvalue weighted by Gasteiger charge is 2.26. The molecule has 4 rings (SSSR count). The standard InChI is InChI=1S/C20H27N5OS/c1-3-6-21-17(26)12-24-7-9-25(10-8-24)19-18-15-5-4-14(2)11-16(15)27-20(18)23-13-22-19/h3,13-14H,1,4-12H2,2H3,(H,21,26). The molecular weight excluding hydrogens is 358 g/mol. The highest BCUT2D eigenvalue weighted by atomic mass is 32.1. The van der Waals surface area contributed by atoms with Gasteiger partial charge in [0.05, 0.1) is 11.9 Å². The second kappa shape index (κ2) is 7.94. The number of anilines is 1. The lowest BCUT2D eigenvalue weighted by molar-refractivity contribution is -0.122. The Morgan fingerprint density at radius 2 is 2.19 bits per heavy atom. The minimum atomic E-state index is 0.0637. The van der Waals surface area contributed by atoms with E-state index < -0.39 is 0 Å². The lowest BCUT2D eigenvalue weighted by Gasteiger charge is -2.35. The maximum atomic E-state index is 11.9. The fourth-order valence-corrected chi connectivity index (χ4v) is 5.41. The number of nitrogens with zero attached hydrogens (tertiary/aromatic N) is 4. The molecule has 0 spiro atoms. The number of hydrogen-bond acceptors (Lipinski definition) is 6. The summed E-state index contributed by atoms with van der Waals surface area (Å²) in [5.74, 6) is 1.91. The van der Waals surface area contributed by atoms with Crippen molar-refractivity contribution in [1.29, 1.82) is 0 Å². The number of aromatic nitrogens is 2. The van der Waals surface area contributed by atoms with Gasteiger partial charge >= 0.3 is 0 Å². The van der Waals surface area contributed by atoms with E-state index in [0.29, 0.717) is 13.1 Å². The summed E-state index contributed by atoms with van der Waals surface area (Å²) in [5.41, 5.74) is 1.48. The van der Waals surface area contributed by atoms with Gasteiger partial charge in [-0.2, -0.15) is 0 Å². The average molecular weight is 386 g/mol. The van der Waals surface area contributed by atoms with Crippen LogP contribution >= 0.6 is 11.3 Å². The normalized spacial score (nSPS) is 20.5. The molecule has 1 unspecified atom stereocenters. The molecule has 0 bridgehead atoms. The summed E-state index contributed by atoms with van der Waals surface area (Å²) in [6.07, 6.45) is 6.97. The van der Waals surface area contributed by atoms with Gasteiger partial charge in [-0.25, -0.2) is 9.97 Å². The van der Waals surface area contributed by atoms with Crippen LogP contribution in [0.5, 0.6) is 0 Å². The third-order valence-corrected chi connectivity index (χ3v) is 6.72. The van der Waals surface area contributed by atoms with E-state index in [9.17, 15) is 4.79 Å². The zero-order valence-corrected chi connectivity index (χ0v) is 16.7. The molecule has 1 amide bonds. The van der Waals surface area contributed by atoms with E-state index in [1.807, 2.05) is 11.3 Å². The van der Waals surface area contributed by atoms with Crippen LogP contribution in [0.15, 0.2) is 19.0 Å². The number of carbonyl (C=O) groups excluding carboxylic acids is 1. The zero-order chi connectivity index (χ0) is 18.8. The number of carbonyl (C=O) groups is 1. The molecule has 1 N–H and O–H groups in total. The van der Waals surface area contributed by atoms with Crippen molar-refractivity contribution < 1.29 is 4.79 Å². The largest absolute Gasteiger partial charge is 0.353 e. The summed E-state index contributed by atoms with van der Waals surface area (Å²) >= 11 is 1.85. The van der Waals surface area contributed by atoms with Gasteiger partial charge in [0.2, 0.25) is 5.91 Å². The molecule has 1 fully saturated rings. The number of nitrogens with one attached hydrogen (secondary N) is 1. The molecule has 0 aromatic carbocycles. The number of amides is 1. The summed E-state index contributed by atoms with van der Waals surface area (Å²) in [4.78, 5) is 28.4. The summed E-state index contributed by atoms with van der Waals surface area (Å²) < 4.78 is 0. The number of thiophene rings is 1. The molecular formula is C20H27N5OS. The highest BCUT2D eigenvalue weighted by Crippen LogP contribution is 2.40. The Bertz CT molecular complexity index is 840. The van der Waals surface area contributed by atoms with Crippen LogP contribution in [0.3, 0.4) is 0 Å². The Kier molecular flexibility index (Phi) is 5.41. The first-order chi connectivity index (χ1) is 13.2. The van der Waals surface area contributed by atoms with Gasteiger partial charge in [-0.15, -0.1) is 17.9 Å². The predicted molar refractivity (Wildman–Crippen MR) is 110 cm³/mol. The lowest BCUT2D eigenvalue weighted by atomic mass is 9.89. The van der Waals surface area contributed by atoms with E-state index in [1.54, 1.807) is 12.4 Å². The first-order valence-corrected chi connectivity index (χ1v) is 10.6. The van der Waals surface area contributed by atoms with Gasteiger partial charge in [0, 0.05) is 37.6 Å². The van der Waals surface area contributed by atoms with Crippen LogP contribution < -0.4 is 10.2 Å². The molecule has 6 nitrogen and oxygen atoms in total. The van der Waals surface area contributed by atoms with Gasteiger partial charge in [0.25, 0.3) is 0 Å². The molecule has 7 heteroatoms. The second-order valence-corrected chi connectivity index (χ2v) is 8.67. The van der Waals surface area contributed by atoms with Crippen LogP contribution in [-0.2, 0) is 17.6 Å². The van der Waals surface area contributed by atoms with Crippen molar-refractivity contribution in [1.82, 2.24) is 20.2 Å². The third kappa shape index (κ3) is 3.84. The number of rotatable bonds is 5. The van der Waals surface area contributed by atoms with Crippen molar-refractivity contribution in [3.8, 4) is 0 Å². The van der Waals surface area contributed by atoms with Crippen LogP contribution in [0.25, 0.3) is 10.2 Å². The van der Waals surface area contributed by atoms with E-state index in [2.05, 4.69) is 38.6 Å². The van der Waals surface area contributed by atoms with Crippen molar-refractivity contribution in [2.24, 2.45) is 5.92 Å². The van der Waals surface area contributed by atoms with Crippen LogP contribution in [0.4, 0.5) is 5.82 Å². The van der Waals surface area contributed by atoms with E-state index >= 15 is 0 Å². The third-order valence-electron chi connectivity index (χ3n) is 5.55. The fraction of sp³-hybridized carbons (Fsp3) is 0.550. The molecule has 2 aliphatic rings. The van der Waals surface area contributed by atoms with Crippen molar-refractivity contribution in [2.75, 3.05) is 44.2 Å². The summed E-state index contributed by atoms with van der Waals surface area (Å²) in [7, 11) is 0. The van der Waals surface area contributed by atoms with Crippen LogP contribution in [0.1, 0.15) is 23.8 Å². The van der Waals surface area contributed by atoms with Crippen molar-refractivity contribution in [2.45, 2.75) is 26.2 Å². The SMILES string of the molecule is C=CCNC(=O)CN1CCN(c2ncnc3sc4c(c23)CCC(C)C4)CC1. The van der Waals surface area contributed by atoms with E-state index in [4.69, 9.17) is 0 Å². The maximum absolute atomic E-state index is 11.9. The Labute approximate surface area is 164 Å². The van der Waals surface area contributed by atoms with Crippen molar-refractivity contribution in [3.05, 3.63) is 29.4 Å². The molecule has 0 saturated carbocycles. The Hall–Kier alpha value is -1.99. The van der Waals surface area contributed by atoms with Gasteiger partial charge in [-0.05, 0) is 30.7 Å². The molecule has 144 valence electrons. The molecule has 27 heavy (non-hydrogen) atoms. The molecule has 1 aliphatic heterocycles. The zero-order valence-electron chi connectivity index (χ0n) is 15.9. The van der Waals surface area contributed by atoms with Gasteiger partial charge in [-0.1, -0.05) is 13.0 Å². The maximum Gasteiger partial charge on any atom is 0.234 e. The van der Waals surface area contributed by atoms with Crippen molar-refractivity contribution >= 4 is 33.3 Å². The van der Waals surface area contributed by atoms with E-state index in [0.717, 1.165) is 49.2 Å². The monoisotopic (exact) mass is 385 g/mol. The minimum absolute atomic E-state index is 0.0637. The fourth-order valence-electron chi connectivity index (χ4n) is 4.06. The predicted octanol–water partition coefficient (Wildman–Crippen LogP) is 2.24. The molecule has 2 aromatic heterocycles. The van der Waals surface area contributed by atoms with Gasteiger partial charge in [0.15, 0.2) is 0 Å². The van der Waals surface area contributed by atoms with Crippen LogP contribution in [-0.4, -0.2) is 60.0 Å².